The van der Waals surface area contributed by atoms with Gasteiger partial charge in [-0.1, -0.05) is 35.9 Å². The summed E-state index contributed by atoms with van der Waals surface area (Å²) in [7, 11) is 0. The number of benzene rings is 2. The van der Waals surface area contributed by atoms with Gasteiger partial charge < -0.3 is 4.74 Å². The third-order valence-electron chi connectivity index (χ3n) is 5.12. The first-order valence-electron chi connectivity index (χ1n) is 9.95. The molecule has 0 atom stereocenters. The smallest absolute Gasteiger partial charge is 0.277 e. The second-order valence-electron chi connectivity index (χ2n) is 7.56. The van der Waals surface area contributed by atoms with Gasteiger partial charge in [-0.25, -0.2) is 5.43 Å². The minimum absolute atomic E-state index is 0.0928. The normalized spacial score (nSPS) is 11.1. The van der Waals surface area contributed by atoms with Crippen LogP contribution >= 0.6 is 0 Å². The summed E-state index contributed by atoms with van der Waals surface area (Å²) in [6, 6.07) is 14.2. The molecule has 0 aliphatic carbocycles. The van der Waals surface area contributed by atoms with Crippen molar-refractivity contribution in [1.82, 2.24) is 15.2 Å². The zero-order valence-electron chi connectivity index (χ0n) is 18.2. The van der Waals surface area contributed by atoms with E-state index in [2.05, 4.69) is 46.8 Å². The highest BCUT2D eigenvalue weighted by Crippen LogP contribution is 2.16. The van der Waals surface area contributed by atoms with E-state index < -0.39 is 0 Å². The van der Waals surface area contributed by atoms with Gasteiger partial charge in [0.15, 0.2) is 6.61 Å². The minimum atomic E-state index is -0.313. The van der Waals surface area contributed by atoms with Crippen molar-refractivity contribution in [3.05, 3.63) is 81.7 Å². The summed E-state index contributed by atoms with van der Waals surface area (Å²) in [5, 5.41) is 8.69. The van der Waals surface area contributed by atoms with E-state index >= 15 is 0 Å². The lowest BCUT2D eigenvalue weighted by Gasteiger charge is -2.07. The van der Waals surface area contributed by atoms with Crippen molar-refractivity contribution in [3.8, 4) is 5.75 Å². The predicted molar refractivity (Wildman–Crippen MR) is 119 cm³/mol. The summed E-state index contributed by atoms with van der Waals surface area (Å²) in [5.41, 5.74) is 10.0. The Labute approximate surface area is 177 Å². The number of rotatable bonds is 7. The zero-order chi connectivity index (χ0) is 21.7. The van der Waals surface area contributed by atoms with Crippen molar-refractivity contribution >= 4 is 12.1 Å². The summed E-state index contributed by atoms with van der Waals surface area (Å²) in [6.07, 6.45) is 1.64. The molecule has 1 N–H and O–H groups in total. The molecular weight excluding hydrogens is 376 g/mol. The fraction of sp³-hybridized carbons (Fsp3) is 0.292. The molecule has 0 saturated carbocycles. The van der Waals surface area contributed by atoms with Crippen LogP contribution in [0.1, 0.15) is 39.2 Å². The summed E-state index contributed by atoms with van der Waals surface area (Å²) in [4.78, 5) is 12.0. The number of aryl methyl sites for hydroxylation is 4. The Kier molecular flexibility index (Phi) is 6.67. The zero-order valence-corrected chi connectivity index (χ0v) is 18.2. The highest BCUT2D eigenvalue weighted by atomic mass is 16.5. The van der Waals surface area contributed by atoms with E-state index in [9.17, 15) is 4.79 Å². The Balaban J connectivity index is 1.57. The first-order valence-corrected chi connectivity index (χ1v) is 9.95. The number of nitrogens with zero attached hydrogens (tertiary/aromatic N) is 3. The van der Waals surface area contributed by atoms with Gasteiger partial charge in [-0.05, 0) is 63.4 Å². The summed E-state index contributed by atoms with van der Waals surface area (Å²) < 4.78 is 7.48. The van der Waals surface area contributed by atoms with E-state index in [1.54, 1.807) is 6.21 Å². The van der Waals surface area contributed by atoms with Gasteiger partial charge in [0.1, 0.15) is 5.75 Å². The van der Waals surface area contributed by atoms with E-state index in [-0.39, 0.29) is 12.5 Å². The lowest BCUT2D eigenvalue weighted by atomic mass is 10.1. The Morgan fingerprint density at radius 3 is 2.50 bits per heavy atom. The summed E-state index contributed by atoms with van der Waals surface area (Å²) >= 11 is 0. The van der Waals surface area contributed by atoms with E-state index in [0.29, 0.717) is 12.3 Å². The van der Waals surface area contributed by atoms with Gasteiger partial charge in [0.05, 0.1) is 18.5 Å². The number of aromatic nitrogens is 2. The lowest BCUT2D eigenvalue weighted by Crippen LogP contribution is -2.24. The summed E-state index contributed by atoms with van der Waals surface area (Å²) in [6.45, 7) is 10.7. The number of hydrazone groups is 1. The van der Waals surface area contributed by atoms with Crippen molar-refractivity contribution in [2.75, 3.05) is 6.61 Å². The average Bonchev–Trinajstić information content (AvgIpc) is 2.98. The maximum Gasteiger partial charge on any atom is 0.277 e. The summed E-state index contributed by atoms with van der Waals surface area (Å²) in [5.74, 6) is 0.355. The van der Waals surface area contributed by atoms with E-state index in [0.717, 1.165) is 22.5 Å². The number of nitrogens with one attached hydrogen (secondary N) is 1. The van der Waals surface area contributed by atoms with Crippen LogP contribution in [0.3, 0.4) is 0 Å². The van der Waals surface area contributed by atoms with Crippen LogP contribution in [-0.2, 0) is 11.3 Å². The van der Waals surface area contributed by atoms with Crippen LogP contribution in [0.2, 0.25) is 0 Å². The van der Waals surface area contributed by atoms with Gasteiger partial charge in [0.25, 0.3) is 5.91 Å². The molecule has 0 unspecified atom stereocenters. The van der Waals surface area contributed by atoms with Crippen LogP contribution in [-0.4, -0.2) is 28.5 Å². The molecule has 3 aromatic rings. The topological polar surface area (TPSA) is 68.5 Å². The molecule has 1 aromatic heterocycles. The quantitative estimate of drug-likeness (QED) is 0.478. The third kappa shape index (κ3) is 5.35. The minimum Gasteiger partial charge on any atom is -0.484 e. The molecule has 0 aliphatic heterocycles. The van der Waals surface area contributed by atoms with Crippen LogP contribution < -0.4 is 10.2 Å². The molecule has 0 saturated heterocycles. The van der Waals surface area contributed by atoms with Gasteiger partial charge in [-0.2, -0.15) is 10.2 Å². The van der Waals surface area contributed by atoms with Crippen molar-refractivity contribution in [3.63, 3.8) is 0 Å². The molecule has 0 radical (unpaired) electrons. The Morgan fingerprint density at radius 2 is 1.80 bits per heavy atom. The second kappa shape index (κ2) is 9.39. The molecule has 6 nitrogen and oxygen atoms in total. The first kappa shape index (κ1) is 21.3. The molecule has 2 aromatic carbocycles. The highest BCUT2D eigenvalue weighted by Gasteiger charge is 2.10. The van der Waals surface area contributed by atoms with Gasteiger partial charge in [0.2, 0.25) is 0 Å². The average molecular weight is 405 g/mol. The largest absolute Gasteiger partial charge is 0.484 e. The number of amides is 1. The molecule has 1 heterocycles. The standard InChI is InChI=1S/C24H28N4O2/c1-16-6-9-21(10-7-16)14-28-20(5)23(19(4)27-28)13-25-26-24(29)15-30-22-11-8-17(2)18(3)12-22/h6-13H,14-15H2,1-5H3,(H,26,29)/b25-13-. The Morgan fingerprint density at radius 1 is 1.07 bits per heavy atom. The van der Waals surface area contributed by atoms with Crippen LogP contribution in [0.5, 0.6) is 5.75 Å². The van der Waals surface area contributed by atoms with Gasteiger partial charge in [-0.15, -0.1) is 0 Å². The van der Waals surface area contributed by atoms with Crippen LogP contribution in [0.15, 0.2) is 47.6 Å². The number of hydrogen-bond donors (Lipinski definition) is 1. The first-order chi connectivity index (χ1) is 14.3. The molecule has 30 heavy (non-hydrogen) atoms. The molecule has 156 valence electrons. The fourth-order valence-electron chi connectivity index (χ4n) is 3.07. The van der Waals surface area contributed by atoms with Crippen LogP contribution in [0, 0.1) is 34.6 Å². The molecule has 0 aliphatic rings. The maximum absolute atomic E-state index is 12.0. The van der Waals surface area contributed by atoms with Gasteiger partial charge in [-0.3, -0.25) is 9.48 Å². The maximum atomic E-state index is 12.0. The van der Waals surface area contributed by atoms with Crippen LogP contribution in [0.4, 0.5) is 0 Å². The molecule has 0 fully saturated rings. The Bertz CT molecular complexity index is 1070. The number of carbonyl (C=O) groups excluding carboxylic acids is 1. The third-order valence-corrected chi connectivity index (χ3v) is 5.12. The monoisotopic (exact) mass is 404 g/mol. The molecule has 3 rings (SSSR count). The molecule has 0 bridgehead atoms. The van der Waals surface area contributed by atoms with E-state index in [1.807, 2.05) is 50.6 Å². The SMILES string of the molecule is Cc1ccc(Cn2nc(C)c(/C=N\NC(=O)COc3ccc(C)c(C)c3)c2C)cc1. The van der Waals surface area contributed by atoms with Gasteiger partial charge >= 0.3 is 0 Å². The number of carbonyl (C=O) groups is 1. The molecule has 1 amide bonds. The molecular formula is C24H28N4O2. The second-order valence-corrected chi connectivity index (χ2v) is 7.56. The fourth-order valence-corrected chi connectivity index (χ4v) is 3.07. The number of ether oxygens (including phenoxy) is 1. The van der Waals surface area contributed by atoms with Gasteiger partial charge in [0, 0.05) is 11.3 Å². The highest BCUT2D eigenvalue weighted by molar-refractivity contribution is 5.84. The van der Waals surface area contributed by atoms with E-state index in [1.165, 1.54) is 16.7 Å². The Hall–Kier alpha value is -3.41. The lowest BCUT2D eigenvalue weighted by molar-refractivity contribution is -0.123. The van der Waals surface area contributed by atoms with Crippen molar-refractivity contribution in [2.24, 2.45) is 5.10 Å². The molecule has 6 heteroatoms. The van der Waals surface area contributed by atoms with E-state index in [4.69, 9.17) is 4.74 Å². The van der Waals surface area contributed by atoms with Crippen LogP contribution in [0.25, 0.3) is 0 Å². The van der Waals surface area contributed by atoms with Crippen molar-refractivity contribution in [2.45, 2.75) is 41.2 Å². The predicted octanol–water partition coefficient (Wildman–Crippen LogP) is 4.00. The van der Waals surface area contributed by atoms with Crippen molar-refractivity contribution < 1.29 is 9.53 Å². The number of hydrogen-bond acceptors (Lipinski definition) is 4. The van der Waals surface area contributed by atoms with Crippen molar-refractivity contribution in [1.29, 1.82) is 0 Å². The molecule has 0 spiro atoms.